The van der Waals surface area contributed by atoms with Gasteiger partial charge < -0.3 is 9.30 Å². The number of aromatic amines is 1. The number of aryl methyl sites for hydroxylation is 2. The van der Waals surface area contributed by atoms with Gasteiger partial charge in [-0.3, -0.25) is 14.5 Å². The lowest BCUT2D eigenvalue weighted by Crippen LogP contribution is -2.45. The van der Waals surface area contributed by atoms with Crippen molar-refractivity contribution in [3.63, 3.8) is 0 Å². The number of sulfonamides is 1. The minimum absolute atomic E-state index is 0.0316. The van der Waals surface area contributed by atoms with Gasteiger partial charge in [-0.2, -0.15) is 0 Å². The van der Waals surface area contributed by atoms with Crippen LogP contribution in [-0.4, -0.2) is 23.6 Å². The lowest BCUT2D eigenvalue weighted by Gasteiger charge is -2.45. The molecule has 1 spiro atoms. The van der Waals surface area contributed by atoms with Gasteiger partial charge in [-0.1, -0.05) is 0 Å². The van der Waals surface area contributed by atoms with Crippen LogP contribution in [0.4, 0.5) is 5.69 Å². The summed E-state index contributed by atoms with van der Waals surface area (Å²) in [6.07, 6.45) is 6.07. The van der Waals surface area contributed by atoms with Gasteiger partial charge in [0, 0.05) is 18.9 Å². The molecule has 26 heavy (non-hydrogen) atoms. The van der Waals surface area contributed by atoms with Gasteiger partial charge in [-0.15, -0.1) is 0 Å². The summed E-state index contributed by atoms with van der Waals surface area (Å²) in [5, 5.41) is 0. The molecule has 0 amide bonds. The van der Waals surface area contributed by atoms with E-state index in [1.54, 1.807) is 18.2 Å². The smallest absolute Gasteiger partial charge is 0.328 e. The average molecular weight is 377 g/mol. The first-order valence-electron chi connectivity index (χ1n) is 8.43. The van der Waals surface area contributed by atoms with Crippen molar-refractivity contribution in [3.05, 3.63) is 50.8 Å². The van der Waals surface area contributed by atoms with Crippen LogP contribution in [0.2, 0.25) is 0 Å². The van der Waals surface area contributed by atoms with Crippen LogP contribution in [0, 0.1) is 0 Å². The van der Waals surface area contributed by atoms with Crippen molar-refractivity contribution in [2.24, 2.45) is 7.05 Å². The fourth-order valence-corrected chi connectivity index (χ4v) is 4.59. The minimum atomic E-state index is -4.12. The molecule has 9 heteroatoms. The fraction of sp³-hybridized carbons (Fsp3) is 0.412. The molecule has 1 aromatic carbocycles. The third-order valence-corrected chi connectivity index (χ3v) is 6.49. The Morgan fingerprint density at radius 2 is 2.00 bits per heavy atom. The molecule has 0 atom stereocenters. The summed E-state index contributed by atoms with van der Waals surface area (Å²) in [4.78, 5) is 24.7. The van der Waals surface area contributed by atoms with Gasteiger partial charge in [0.1, 0.15) is 11.4 Å². The molecular weight excluding hydrogens is 358 g/mol. The number of benzene rings is 1. The molecular formula is C17H19N3O5S. The van der Waals surface area contributed by atoms with E-state index in [4.69, 9.17) is 4.74 Å². The summed E-state index contributed by atoms with van der Waals surface area (Å²) in [7, 11) is -2.76. The van der Waals surface area contributed by atoms with Crippen LogP contribution >= 0.6 is 0 Å². The average Bonchev–Trinajstić information content (AvgIpc) is 2.55. The van der Waals surface area contributed by atoms with Crippen molar-refractivity contribution in [2.75, 3.05) is 4.72 Å². The van der Waals surface area contributed by atoms with Crippen molar-refractivity contribution < 1.29 is 13.2 Å². The highest BCUT2D eigenvalue weighted by molar-refractivity contribution is 7.92. The van der Waals surface area contributed by atoms with Crippen LogP contribution in [0.3, 0.4) is 0 Å². The predicted molar refractivity (Wildman–Crippen MR) is 95.1 cm³/mol. The van der Waals surface area contributed by atoms with E-state index in [1.807, 2.05) is 4.98 Å². The first kappa shape index (κ1) is 16.9. The van der Waals surface area contributed by atoms with Gasteiger partial charge in [-0.05, 0) is 55.9 Å². The van der Waals surface area contributed by atoms with Crippen LogP contribution in [0.5, 0.6) is 5.75 Å². The number of ether oxygens (including phenoxy) is 1. The van der Waals surface area contributed by atoms with Crippen LogP contribution < -0.4 is 20.7 Å². The van der Waals surface area contributed by atoms with Crippen molar-refractivity contribution in [2.45, 2.75) is 42.6 Å². The Morgan fingerprint density at radius 3 is 2.69 bits per heavy atom. The number of rotatable bonds is 3. The Balaban J connectivity index is 1.62. The highest BCUT2D eigenvalue weighted by atomic mass is 32.2. The zero-order valence-corrected chi connectivity index (χ0v) is 15.1. The van der Waals surface area contributed by atoms with E-state index in [0.717, 1.165) is 47.8 Å². The molecule has 1 saturated carbocycles. The summed E-state index contributed by atoms with van der Waals surface area (Å²) < 4.78 is 34.6. The maximum Gasteiger partial charge on any atom is 0.328 e. The summed E-state index contributed by atoms with van der Waals surface area (Å²) in [5.41, 5.74) is -0.364. The molecule has 4 rings (SSSR count). The SMILES string of the molecule is Cn1cc(S(=O)(=O)Nc2ccc3c(c2)CCC2(CCC2)O3)c(=O)[nH]c1=O. The first-order chi connectivity index (χ1) is 12.3. The molecule has 0 bridgehead atoms. The number of fused-ring (bicyclic) bond motifs is 1. The van der Waals surface area contributed by atoms with Crippen LogP contribution in [0.15, 0.2) is 38.9 Å². The molecule has 1 fully saturated rings. The number of nitrogens with zero attached hydrogens (tertiary/aromatic N) is 1. The maximum atomic E-state index is 12.5. The number of hydrogen-bond acceptors (Lipinski definition) is 5. The monoisotopic (exact) mass is 377 g/mol. The Kier molecular flexibility index (Phi) is 3.72. The predicted octanol–water partition coefficient (Wildman–Crippen LogP) is 1.12. The largest absolute Gasteiger partial charge is 0.487 e. The number of anilines is 1. The van der Waals surface area contributed by atoms with Crippen molar-refractivity contribution in [3.8, 4) is 5.75 Å². The quantitative estimate of drug-likeness (QED) is 0.833. The van der Waals surface area contributed by atoms with E-state index >= 15 is 0 Å². The summed E-state index contributed by atoms with van der Waals surface area (Å²) >= 11 is 0. The van der Waals surface area contributed by atoms with Gasteiger partial charge >= 0.3 is 5.69 Å². The van der Waals surface area contributed by atoms with Crippen molar-refractivity contribution in [1.82, 2.24) is 9.55 Å². The topological polar surface area (TPSA) is 110 Å². The molecule has 8 nitrogen and oxygen atoms in total. The van der Waals surface area contributed by atoms with Crippen LogP contribution in [0.1, 0.15) is 31.2 Å². The normalized spacial score (nSPS) is 17.9. The maximum absolute atomic E-state index is 12.5. The molecule has 138 valence electrons. The van der Waals surface area contributed by atoms with Gasteiger partial charge in [0.15, 0.2) is 4.90 Å². The van der Waals surface area contributed by atoms with E-state index in [2.05, 4.69) is 4.72 Å². The van der Waals surface area contributed by atoms with Crippen molar-refractivity contribution >= 4 is 15.7 Å². The van der Waals surface area contributed by atoms with E-state index in [0.29, 0.717) is 5.69 Å². The lowest BCUT2D eigenvalue weighted by molar-refractivity contribution is -0.0249. The highest BCUT2D eigenvalue weighted by Crippen LogP contribution is 2.45. The molecule has 2 heterocycles. The second kappa shape index (κ2) is 5.73. The zero-order valence-electron chi connectivity index (χ0n) is 14.2. The van der Waals surface area contributed by atoms with E-state index in [-0.39, 0.29) is 5.60 Å². The van der Waals surface area contributed by atoms with Gasteiger partial charge in [0.2, 0.25) is 0 Å². The first-order valence-corrected chi connectivity index (χ1v) is 9.91. The molecule has 2 aromatic rings. The molecule has 0 saturated heterocycles. The van der Waals surface area contributed by atoms with Crippen molar-refractivity contribution in [1.29, 1.82) is 0 Å². The zero-order chi connectivity index (χ0) is 18.5. The molecule has 0 radical (unpaired) electrons. The Bertz CT molecular complexity index is 1100. The summed E-state index contributed by atoms with van der Waals surface area (Å²) in [6, 6.07) is 5.11. The standard InChI is InChI=1S/C17H19N3O5S/c1-20-10-14(15(21)18-16(20)22)26(23,24)19-12-3-4-13-11(9-12)5-8-17(25-13)6-2-7-17/h3-4,9-10,19H,2,5-8H2,1H3,(H,18,21,22). The second-order valence-electron chi connectivity index (χ2n) is 6.93. The summed E-state index contributed by atoms with van der Waals surface area (Å²) in [5.74, 6) is 0.791. The molecule has 1 aromatic heterocycles. The number of hydrogen-bond donors (Lipinski definition) is 2. The number of nitrogens with one attached hydrogen (secondary N) is 2. The number of H-pyrrole nitrogens is 1. The third kappa shape index (κ3) is 2.82. The Hall–Kier alpha value is -2.55. The van der Waals surface area contributed by atoms with Crippen LogP contribution in [-0.2, 0) is 23.5 Å². The lowest BCUT2D eigenvalue weighted by atomic mass is 9.74. The fourth-order valence-electron chi connectivity index (χ4n) is 3.45. The second-order valence-corrected chi connectivity index (χ2v) is 8.58. The molecule has 2 aliphatic rings. The summed E-state index contributed by atoms with van der Waals surface area (Å²) in [6.45, 7) is 0. The van der Waals surface area contributed by atoms with Gasteiger partial charge in [0.25, 0.3) is 15.6 Å². The van der Waals surface area contributed by atoms with Gasteiger partial charge in [-0.25, -0.2) is 13.2 Å². The minimum Gasteiger partial charge on any atom is -0.487 e. The van der Waals surface area contributed by atoms with E-state index in [1.165, 1.54) is 13.5 Å². The third-order valence-electron chi connectivity index (χ3n) is 5.12. The Morgan fingerprint density at radius 1 is 1.23 bits per heavy atom. The highest BCUT2D eigenvalue weighted by Gasteiger charge is 2.41. The van der Waals surface area contributed by atoms with Crippen LogP contribution in [0.25, 0.3) is 0 Å². The molecule has 2 N–H and O–H groups in total. The molecule has 0 unspecified atom stereocenters. The number of aromatic nitrogens is 2. The Labute approximate surface area is 149 Å². The van der Waals surface area contributed by atoms with E-state index in [9.17, 15) is 18.0 Å². The van der Waals surface area contributed by atoms with E-state index < -0.39 is 26.2 Å². The van der Waals surface area contributed by atoms with Gasteiger partial charge in [0.05, 0.1) is 0 Å². The molecule has 1 aliphatic heterocycles. The molecule has 1 aliphatic carbocycles.